The van der Waals surface area contributed by atoms with E-state index >= 15 is 0 Å². The van der Waals surface area contributed by atoms with E-state index in [4.69, 9.17) is 0 Å². The molecule has 10 heteroatoms. The highest BCUT2D eigenvalue weighted by Gasteiger charge is 2.52. The lowest BCUT2D eigenvalue weighted by Crippen LogP contribution is -2.52. The molecule has 0 atom stereocenters. The summed E-state index contributed by atoms with van der Waals surface area (Å²) >= 11 is 0. The van der Waals surface area contributed by atoms with E-state index < -0.39 is 39.8 Å². The van der Waals surface area contributed by atoms with Crippen molar-refractivity contribution in [1.82, 2.24) is 0 Å². The summed E-state index contributed by atoms with van der Waals surface area (Å²) in [7, 11) is 0. The van der Waals surface area contributed by atoms with Gasteiger partial charge in [0.05, 0.1) is 34.6 Å². The highest BCUT2D eigenvalue weighted by Crippen LogP contribution is 2.20. The van der Waals surface area contributed by atoms with Crippen LogP contribution in [0.5, 0.6) is 0 Å². The van der Waals surface area contributed by atoms with E-state index in [1.54, 1.807) is 0 Å². The number of nitro groups is 2. The molecule has 0 aliphatic rings. The van der Waals surface area contributed by atoms with Gasteiger partial charge in [-0.15, -0.1) is 0 Å². The molecule has 0 saturated carbocycles. The predicted octanol–water partition coefficient (Wildman–Crippen LogP) is -3.24. The van der Waals surface area contributed by atoms with Crippen LogP contribution in [-0.4, -0.2) is 27.4 Å². The Hall–Kier alpha value is -2.26. The number of hydrogen-bond acceptors (Lipinski definition) is 8. The molecule has 0 heterocycles. The predicted molar refractivity (Wildman–Crippen MR) is 40.5 cm³/mol. The Morgan fingerprint density at radius 3 is 1.62 bits per heavy atom. The molecule has 0 aromatic rings. The number of carboxylic acid groups (broad SMARTS) is 2. The number of rotatable bonds is 6. The molecule has 16 heavy (non-hydrogen) atoms. The topological polar surface area (TPSA) is 167 Å². The summed E-state index contributed by atoms with van der Waals surface area (Å²) in [5, 5.41) is 41.3. The molecule has 0 unspecified atom stereocenters. The van der Waals surface area contributed by atoms with Crippen molar-refractivity contribution < 1.29 is 29.6 Å². The first kappa shape index (κ1) is 13.7. The third-order valence-electron chi connectivity index (χ3n) is 1.95. The highest BCUT2D eigenvalue weighted by molar-refractivity contribution is 5.90. The number of hydrogen-bond donors (Lipinski definition) is 0. The summed E-state index contributed by atoms with van der Waals surface area (Å²) in [6, 6.07) is 0. The number of aliphatic carboxylic acids is 2. The van der Waals surface area contributed by atoms with E-state index in [1.165, 1.54) is 0 Å². The van der Waals surface area contributed by atoms with Crippen LogP contribution >= 0.6 is 0 Å². The highest BCUT2D eigenvalue weighted by atomic mass is 16.7. The van der Waals surface area contributed by atoms with Gasteiger partial charge in [0.2, 0.25) is 0 Å². The third kappa shape index (κ3) is 2.62. The second-order valence-corrected chi connectivity index (χ2v) is 3.13. The van der Waals surface area contributed by atoms with Crippen molar-refractivity contribution in [3.05, 3.63) is 20.2 Å². The molecular weight excluding hydrogens is 228 g/mol. The van der Waals surface area contributed by atoms with E-state index in [-0.39, 0.29) is 0 Å². The van der Waals surface area contributed by atoms with Crippen LogP contribution in [0, 0.1) is 26.1 Å². The average Bonchev–Trinajstić information content (AvgIpc) is 2.11. The van der Waals surface area contributed by atoms with Crippen molar-refractivity contribution in [2.45, 2.75) is 19.0 Å². The van der Waals surface area contributed by atoms with Crippen LogP contribution in [0.25, 0.3) is 0 Å². The van der Waals surface area contributed by atoms with Crippen LogP contribution < -0.4 is 10.2 Å². The fourth-order valence-corrected chi connectivity index (χ4v) is 0.865. The first-order chi connectivity index (χ1) is 7.12. The van der Waals surface area contributed by atoms with Gasteiger partial charge in [-0.3, -0.25) is 20.2 Å². The van der Waals surface area contributed by atoms with Gasteiger partial charge in [-0.05, 0) is 0 Å². The lowest BCUT2D eigenvalue weighted by molar-refractivity contribution is -0.793. The van der Waals surface area contributed by atoms with Crippen molar-refractivity contribution in [1.29, 1.82) is 0 Å². The molecule has 0 N–H and O–H groups in total. The van der Waals surface area contributed by atoms with Gasteiger partial charge in [0.15, 0.2) is 0 Å². The molecule has 0 aromatic heterocycles. The molecule has 0 amide bonds. The summed E-state index contributed by atoms with van der Waals surface area (Å²) in [6.45, 7) is 0.506. The third-order valence-corrected chi connectivity index (χ3v) is 1.95. The van der Waals surface area contributed by atoms with E-state index in [0.717, 1.165) is 0 Å². The Bertz CT molecular complexity index is 322. The molecule has 10 nitrogen and oxygen atoms in total. The summed E-state index contributed by atoms with van der Waals surface area (Å²) in [5.41, 5.74) is -2.91. The van der Waals surface area contributed by atoms with Gasteiger partial charge < -0.3 is 19.8 Å². The molecule has 90 valence electrons. The van der Waals surface area contributed by atoms with Gasteiger partial charge >= 0.3 is 5.66 Å². The molecule has 0 saturated heterocycles. The minimum Gasteiger partial charge on any atom is -0.549 e. The second-order valence-electron chi connectivity index (χ2n) is 3.13. The molecule has 0 radical (unpaired) electrons. The zero-order valence-corrected chi connectivity index (χ0v) is 7.94. The Balaban J connectivity index is 5.16. The van der Waals surface area contributed by atoms with Crippen molar-refractivity contribution in [2.75, 3.05) is 0 Å². The Labute approximate surface area is 87.8 Å². The summed E-state index contributed by atoms with van der Waals surface area (Å²) in [5.74, 6) is -6.76. The number of carbonyl (C=O) groups excluding carboxylic acids is 2. The van der Waals surface area contributed by atoms with Gasteiger partial charge in [0.1, 0.15) is 6.42 Å². The van der Waals surface area contributed by atoms with Crippen molar-refractivity contribution in [2.24, 2.45) is 5.92 Å². The second kappa shape index (κ2) is 4.51. The largest absolute Gasteiger partial charge is 0.549 e. The molecule has 0 aromatic carbocycles. The number of nitrogens with zero attached hydrogens (tertiary/aromatic N) is 2. The van der Waals surface area contributed by atoms with E-state index in [9.17, 15) is 40.0 Å². The number of carboxylic acids is 2. The fraction of sp³-hybridized carbons (Fsp3) is 0.667. The lowest BCUT2D eigenvalue weighted by atomic mass is 9.97. The molecular formula is C6H6N2O8-2. The molecule has 0 rings (SSSR count). The SMILES string of the molecule is CC(CC(C(=O)[O-])C(=O)[O-])([N+](=O)[O-])[N+](=O)[O-]. The normalized spacial score (nSPS) is 11.1. The van der Waals surface area contributed by atoms with Crippen LogP contribution in [-0.2, 0) is 9.59 Å². The van der Waals surface area contributed by atoms with Gasteiger partial charge in [-0.2, -0.15) is 0 Å². The first-order valence-corrected chi connectivity index (χ1v) is 3.83. The lowest BCUT2D eigenvalue weighted by Gasteiger charge is -2.21. The van der Waals surface area contributed by atoms with E-state index in [1.807, 2.05) is 0 Å². The quantitative estimate of drug-likeness (QED) is 0.200. The van der Waals surface area contributed by atoms with Crippen LogP contribution in [0.4, 0.5) is 0 Å². The van der Waals surface area contributed by atoms with Crippen LogP contribution in [0.3, 0.4) is 0 Å². The van der Waals surface area contributed by atoms with Crippen LogP contribution in [0.1, 0.15) is 13.3 Å². The standard InChI is InChI=1S/C6H8N2O8/c1-6(7(13)14,8(15)16)2-3(4(9)10)5(11)12/h3H,2H2,1H3,(H,9,10)(H,11,12)/p-2. The average molecular weight is 234 g/mol. The summed E-state index contributed by atoms with van der Waals surface area (Å²) in [4.78, 5) is 38.6. The maximum absolute atomic E-state index is 10.4. The van der Waals surface area contributed by atoms with Crippen molar-refractivity contribution in [3.63, 3.8) is 0 Å². The van der Waals surface area contributed by atoms with Crippen LogP contribution in [0.2, 0.25) is 0 Å². The zero-order chi connectivity index (χ0) is 13.1. The fourth-order valence-electron chi connectivity index (χ4n) is 0.865. The minimum absolute atomic E-state index is 0.506. The van der Waals surface area contributed by atoms with Crippen molar-refractivity contribution >= 4 is 11.9 Å². The Kier molecular flexibility index (Phi) is 3.87. The maximum atomic E-state index is 10.4. The first-order valence-electron chi connectivity index (χ1n) is 3.83. The van der Waals surface area contributed by atoms with Gasteiger partial charge in [0, 0.05) is 0 Å². The summed E-state index contributed by atoms with van der Waals surface area (Å²) < 4.78 is 0. The van der Waals surface area contributed by atoms with E-state index in [0.29, 0.717) is 6.92 Å². The summed E-state index contributed by atoms with van der Waals surface area (Å²) in [6.07, 6.45) is -1.35. The Morgan fingerprint density at radius 2 is 1.44 bits per heavy atom. The Morgan fingerprint density at radius 1 is 1.12 bits per heavy atom. The number of carbonyl (C=O) groups is 2. The zero-order valence-electron chi connectivity index (χ0n) is 7.94. The van der Waals surface area contributed by atoms with Crippen LogP contribution in [0.15, 0.2) is 0 Å². The molecule has 0 bridgehead atoms. The van der Waals surface area contributed by atoms with Gasteiger partial charge in [0.25, 0.3) is 0 Å². The molecule has 0 fully saturated rings. The van der Waals surface area contributed by atoms with Crippen molar-refractivity contribution in [3.8, 4) is 0 Å². The van der Waals surface area contributed by atoms with E-state index in [2.05, 4.69) is 0 Å². The monoisotopic (exact) mass is 234 g/mol. The molecule has 0 aliphatic carbocycles. The minimum atomic E-state index is -2.91. The van der Waals surface area contributed by atoms with Gasteiger partial charge in [-0.1, -0.05) is 0 Å². The smallest absolute Gasteiger partial charge is 0.456 e. The maximum Gasteiger partial charge on any atom is 0.456 e. The molecule has 0 aliphatic heterocycles. The van der Waals surface area contributed by atoms with Gasteiger partial charge in [-0.25, -0.2) is 0 Å². The molecule has 0 spiro atoms.